The van der Waals surface area contributed by atoms with Gasteiger partial charge < -0.3 is 10.8 Å². The number of hydrogen-bond acceptors (Lipinski definition) is 2. The van der Waals surface area contributed by atoms with Gasteiger partial charge in [-0.2, -0.15) is 0 Å². The molecule has 0 aliphatic heterocycles. The molecule has 0 aliphatic rings. The SMILES string of the molecule is CCCc1ccc(C(=O)O)c(N)c1CCC. The van der Waals surface area contributed by atoms with Crippen molar-refractivity contribution < 1.29 is 9.90 Å². The summed E-state index contributed by atoms with van der Waals surface area (Å²) in [5.41, 5.74) is 8.80. The number of carboxylic acid groups (broad SMARTS) is 1. The monoisotopic (exact) mass is 221 g/mol. The molecule has 3 heteroatoms. The number of aryl methyl sites for hydroxylation is 1. The van der Waals surface area contributed by atoms with Gasteiger partial charge in [0, 0.05) is 5.69 Å². The Morgan fingerprint density at radius 2 is 1.88 bits per heavy atom. The highest BCUT2D eigenvalue weighted by Crippen LogP contribution is 2.24. The van der Waals surface area contributed by atoms with Crippen molar-refractivity contribution in [2.24, 2.45) is 0 Å². The van der Waals surface area contributed by atoms with E-state index in [1.54, 1.807) is 6.07 Å². The van der Waals surface area contributed by atoms with Crippen LogP contribution in [0.1, 0.15) is 48.2 Å². The lowest BCUT2D eigenvalue weighted by Gasteiger charge is -2.13. The van der Waals surface area contributed by atoms with Gasteiger partial charge in [0.1, 0.15) is 0 Å². The first-order valence-electron chi connectivity index (χ1n) is 5.75. The highest BCUT2D eigenvalue weighted by atomic mass is 16.4. The van der Waals surface area contributed by atoms with E-state index >= 15 is 0 Å². The zero-order chi connectivity index (χ0) is 12.1. The van der Waals surface area contributed by atoms with Gasteiger partial charge in [-0.15, -0.1) is 0 Å². The number of aromatic carboxylic acids is 1. The van der Waals surface area contributed by atoms with E-state index in [4.69, 9.17) is 10.8 Å². The molecule has 88 valence electrons. The number of nitrogens with two attached hydrogens (primary N) is 1. The Hall–Kier alpha value is -1.51. The number of carbonyl (C=O) groups is 1. The van der Waals surface area contributed by atoms with Crippen LogP contribution in [0.5, 0.6) is 0 Å². The highest BCUT2D eigenvalue weighted by Gasteiger charge is 2.14. The molecule has 0 radical (unpaired) electrons. The van der Waals surface area contributed by atoms with Gasteiger partial charge in [-0.05, 0) is 30.0 Å². The lowest BCUT2D eigenvalue weighted by atomic mass is 9.95. The first-order chi connectivity index (χ1) is 7.61. The summed E-state index contributed by atoms with van der Waals surface area (Å²) >= 11 is 0. The van der Waals surface area contributed by atoms with E-state index in [0.29, 0.717) is 5.69 Å². The Morgan fingerprint density at radius 3 is 2.38 bits per heavy atom. The molecule has 0 amide bonds. The van der Waals surface area contributed by atoms with Gasteiger partial charge in [0.05, 0.1) is 5.56 Å². The number of nitrogen functional groups attached to an aromatic ring is 1. The van der Waals surface area contributed by atoms with Gasteiger partial charge in [0.25, 0.3) is 0 Å². The number of hydrogen-bond donors (Lipinski definition) is 2. The first kappa shape index (κ1) is 12.6. The van der Waals surface area contributed by atoms with Crippen LogP contribution in [0.25, 0.3) is 0 Å². The summed E-state index contributed by atoms with van der Waals surface area (Å²) in [6.45, 7) is 4.18. The smallest absolute Gasteiger partial charge is 0.337 e. The molecule has 0 saturated heterocycles. The van der Waals surface area contributed by atoms with Crippen LogP contribution < -0.4 is 5.73 Å². The molecule has 0 saturated carbocycles. The third-order valence-electron chi connectivity index (χ3n) is 2.70. The molecule has 1 aromatic carbocycles. The van der Waals surface area contributed by atoms with E-state index in [2.05, 4.69) is 13.8 Å². The zero-order valence-electron chi connectivity index (χ0n) is 9.92. The fourth-order valence-electron chi connectivity index (χ4n) is 1.95. The van der Waals surface area contributed by atoms with Gasteiger partial charge in [0.15, 0.2) is 0 Å². The third-order valence-corrected chi connectivity index (χ3v) is 2.70. The maximum absolute atomic E-state index is 11.0. The molecule has 3 nitrogen and oxygen atoms in total. The average molecular weight is 221 g/mol. The Kier molecular flexibility index (Phi) is 4.35. The van der Waals surface area contributed by atoms with Crippen molar-refractivity contribution in [3.05, 3.63) is 28.8 Å². The zero-order valence-corrected chi connectivity index (χ0v) is 9.92. The molecule has 0 spiro atoms. The van der Waals surface area contributed by atoms with Crippen LogP contribution in [0.2, 0.25) is 0 Å². The van der Waals surface area contributed by atoms with E-state index in [0.717, 1.165) is 31.2 Å². The molecule has 1 rings (SSSR count). The van der Waals surface area contributed by atoms with Crippen molar-refractivity contribution in [1.82, 2.24) is 0 Å². The van der Waals surface area contributed by atoms with Crippen molar-refractivity contribution in [3.8, 4) is 0 Å². The predicted molar refractivity (Wildman–Crippen MR) is 65.8 cm³/mol. The summed E-state index contributed by atoms with van der Waals surface area (Å²) in [6.07, 6.45) is 3.83. The molecule has 16 heavy (non-hydrogen) atoms. The minimum absolute atomic E-state index is 0.225. The molecule has 0 aromatic heterocycles. The van der Waals surface area contributed by atoms with Gasteiger partial charge in [-0.1, -0.05) is 32.8 Å². The number of benzene rings is 1. The number of rotatable bonds is 5. The summed E-state index contributed by atoms with van der Waals surface area (Å²) in [6, 6.07) is 3.51. The Morgan fingerprint density at radius 1 is 1.25 bits per heavy atom. The average Bonchev–Trinajstić information content (AvgIpc) is 2.23. The second-order valence-electron chi connectivity index (χ2n) is 3.97. The molecule has 3 N–H and O–H groups in total. The van der Waals surface area contributed by atoms with Crippen molar-refractivity contribution in [2.45, 2.75) is 39.5 Å². The Bertz CT molecular complexity index is 386. The number of anilines is 1. The molecule has 0 fully saturated rings. The minimum atomic E-state index is -0.946. The fraction of sp³-hybridized carbons (Fsp3) is 0.462. The van der Waals surface area contributed by atoms with Crippen LogP contribution in [0.3, 0.4) is 0 Å². The lowest BCUT2D eigenvalue weighted by Crippen LogP contribution is -2.08. The van der Waals surface area contributed by atoms with Gasteiger partial charge in [-0.3, -0.25) is 0 Å². The summed E-state index contributed by atoms with van der Waals surface area (Å²) in [5.74, 6) is -0.946. The van der Waals surface area contributed by atoms with Crippen LogP contribution in [0.15, 0.2) is 12.1 Å². The second kappa shape index (κ2) is 5.54. The maximum atomic E-state index is 11.0. The van der Waals surface area contributed by atoms with Crippen LogP contribution in [-0.4, -0.2) is 11.1 Å². The van der Waals surface area contributed by atoms with Gasteiger partial charge in [0.2, 0.25) is 0 Å². The van der Waals surface area contributed by atoms with Crippen molar-refractivity contribution in [2.75, 3.05) is 5.73 Å². The predicted octanol–water partition coefficient (Wildman–Crippen LogP) is 2.87. The van der Waals surface area contributed by atoms with E-state index in [-0.39, 0.29) is 5.56 Å². The lowest BCUT2D eigenvalue weighted by molar-refractivity contribution is 0.0698. The van der Waals surface area contributed by atoms with Crippen LogP contribution in [0, 0.1) is 0 Å². The molecule has 0 atom stereocenters. The van der Waals surface area contributed by atoms with Crippen molar-refractivity contribution >= 4 is 11.7 Å². The third kappa shape index (κ3) is 2.54. The molecule has 0 unspecified atom stereocenters. The quantitative estimate of drug-likeness (QED) is 0.751. The second-order valence-corrected chi connectivity index (χ2v) is 3.97. The largest absolute Gasteiger partial charge is 0.478 e. The summed E-state index contributed by atoms with van der Waals surface area (Å²) < 4.78 is 0. The van der Waals surface area contributed by atoms with Crippen molar-refractivity contribution in [1.29, 1.82) is 0 Å². The van der Waals surface area contributed by atoms with E-state index in [1.807, 2.05) is 6.07 Å². The normalized spacial score (nSPS) is 10.4. The van der Waals surface area contributed by atoms with Crippen molar-refractivity contribution in [3.63, 3.8) is 0 Å². The summed E-state index contributed by atoms with van der Waals surface area (Å²) in [7, 11) is 0. The van der Waals surface area contributed by atoms with E-state index in [1.165, 1.54) is 5.56 Å². The highest BCUT2D eigenvalue weighted by molar-refractivity contribution is 5.94. The molecule has 0 aliphatic carbocycles. The van der Waals surface area contributed by atoms with E-state index in [9.17, 15) is 4.79 Å². The topological polar surface area (TPSA) is 63.3 Å². The van der Waals surface area contributed by atoms with Gasteiger partial charge in [-0.25, -0.2) is 4.79 Å². The standard InChI is InChI=1S/C13H19NO2/c1-3-5-9-7-8-11(13(15)16)12(14)10(9)6-4-2/h7-8H,3-6,14H2,1-2H3,(H,15,16). The molecular formula is C13H19NO2. The van der Waals surface area contributed by atoms with Gasteiger partial charge >= 0.3 is 5.97 Å². The molecule has 0 bridgehead atoms. The first-order valence-corrected chi connectivity index (χ1v) is 5.75. The number of carboxylic acids is 1. The van der Waals surface area contributed by atoms with Crippen LogP contribution in [0.4, 0.5) is 5.69 Å². The summed E-state index contributed by atoms with van der Waals surface area (Å²) in [5, 5.41) is 9.00. The molecule has 1 aromatic rings. The molecule has 0 heterocycles. The Balaban J connectivity index is 3.23. The van der Waals surface area contributed by atoms with Crippen LogP contribution >= 0.6 is 0 Å². The fourth-order valence-corrected chi connectivity index (χ4v) is 1.95. The van der Waals surface area contributed by atoms with Crippen LogP contribution in [-0.2, 0) is 12.8 Å². The minimum Gasteiger partial charge on any atom is -0.478 e. The molecular weight excluding hydrogens is 202 g/mol. The Labute approximate surface area is 96.3 Å². The summed E-state index contributed by atoms with van der Waals surface area (Å²) in [4.78, 5) is 11.0. The maximum Gasteiger partial charge on any atom is 0.337 e. The van der Waals surface area contributed by atoms with E-state index < -0.39 is 5.97 Å².